The van der Waals surface area contributed by atoms with E-state index in [0.29, 0.717) is 13.0 Å². The molecule has 1 atom stereocenters. The molecular weight excluding hydrogens is 290 g/mol. The topological polar surface area (TPSA) is 38.8 Å². The number of likely N-dealkylation sites (N-methyl/N-ethyl adjacent to an activating group) is 1. The zero-order chi connectivity index (χ0) is 16.7. The summed E-state index contributed by atoms with van der Waals surface area (Å²) in [7, 11) is 5.01. The first-order valence-corrected chi connectivity index (χ1v) is 7.59. The minimum atomic E-state index is -0.325. The maximum atomic E-state index is 12.2. The van der Waals surface area contributed by atoms with Crippen molar-refractivity contribution < 1.29 is 14.3 Å². The van der Waals surface area contributed by atoms with Crippen molar-refractivity contribution in [1.29, 1.82) is 0 Å². The Labute approximate surface area is 137 Å². The van der Waals surface area contributed by atoms with Gasteiger partial charge in [0.1, 0.15) is 11.8 Å². The van der Waals surface area contributed by atoms with Gasteiger partial charge in [0, 0.05) is 6.54 Å². The number of carbonyl (C=O) groups is 1. The van der Waals surface area contributed by atoms with Crippen molar-refractivity contribution in [1.82, 2.24) is 4.90 Å². The first-order chi connectivity index (χ1) is 11.1. The average Bonchev–Trinajstić information content (AvgIpc) is 2.60. The third kappa shape index (κ3) is 4.83. The molecule has 0 amide bonds. The zero-order valence-electron chi connectivity index (χ0n) is 13.9. The minimum Gasteiger partial charge on any atom is -0.497 e. The molecule has 0 radical (unpaired) electrons. The first kappa shape index (κ1) is 17.0. The molecule has 4 heteroatoms. The number of ether oxygens (including phenoxy) is 2. The molecule has 0 unspecified atom stereocenters. The van der Waals surface area contributed by atoms with Crippen molar-refractivity contribution in [3.8, 4) is 5.75 Å². The monoisotopic (exact) mass is 313 g/mol. The molecule has 0 saturated heterocycles. The van der Waals surface area contributed by atoms with Crippen LogP contribution < -0.4 is 4.74 Å². The highest BCUT2D eigenvalue weighted by Gasteiger charge is 2.24. The Morgan fingerprint density at radius 1 is 1.04 bits per heavy atom. The number of esters is 1. The molecule has 2 aromatic rings. The quantitative estimate of drug-likeness (QED) is 0.737. The number of benzene rings is 2. The standard InChI is InChI=1S/C19H23NO3/c1-20(14-16-10-7-11-17(12-16)22-2)18(19(21)23-3)13-15-8-5-4-6-9-15/h4-12,18H,13-14H2,1-3H3/t18-/m0/s1. The van der Waals surface area contributed by atoms with E-state index in [0.717, 1.165) is 16.9 Å². The van der Waals surface area contributed by atoms with Crippen molar-refractivity contribution in [3.05, 3.63) is 65.7 Å². The predicted octanol–water partition coefficient (Wildman–Crippen LogP) is 2.91. The summed E-state index contributed by atoms with van der Waals surface area (Å²) >= 11 is 0. The van der Waals surface area contributed by atoms with Crippen LogP contribution in [0.3, 0.4) is 0 Å². The van der Waals surface area contributed by atoms with E-state index in [4.69, 9.17) is 9.47 Å². The lowest BCUT2D eigenvalue weighted by Crippen LogP contribution is -2.40. The Kier molecular flexibility index (Phi) is 6.18. The maximum Gasteiger partial charge on any atom is 0.323 e. The van der Waals surface area contributed by atoms with Crippen LogP contribution in [-0.4, -0.2) is 38.2 Å². The molecule has 0 heterocycles. The molecule has 0 aliphatic carbocycles. The lowest BCUT2D eigenvalue weighted by molar-refractivity contribution is -0.146. The second-order valence-corrected chi connectivity index (χ2v) is 5.50. The van der Waals surface area contributed by atoms with Gasteiger partial charge in [-0.1, -0.05) is 42.5 Å². The Morgan fingerprint density at radius 2 is 1.74 bits per heavy atom. The summed E-state index contributed by atoms with van der Waals surface area (Å²) in [6.45, 7) is 0.643. The molecule has 4 nitrogen and oxygen atoms in total. The third-order valence-electron chi connectivity index (χ3n) is 3.84. The fourth-order valence-electron chi connectivity index (χ4n) is 2.56. The Hall–Kier alpha value is -2.33. The molecule has 23 heavy (non-hydrogen) atoms. The summed E-state index contributed by atoms with van der Waals surface area (Å²) in [5.74, 6) is 0.591. The van der Waals surface area contributed by atoms with Gasteiger partial charge in [0.05, 0.1) is 14.2 Å². The van der Waals surface area contributed by atoms with Gasteiger partial charge in [-0.2, -0.15) is 0 Å². The second kappa shape index (κ2) is 8.34. The summed E-state index contributed by atoms with van der Waals surface area (Å²) in [5.41, 5.74) is 2.20. The van der Waals surface area contributed by atoms with Gasteiger partial charge in [0.2, 0.25) is 0 Å². The van der Waals surface area contributed by atoms with Crippen LogP contribution in [0.25, 0.3) is 0 Å². The summed E-state index contributed by atoms with van der Waals surface area (Å²) in [6.07, 6.45) is 0.619. The van der Waals surface area contributed by atoms with Crippen LogP contribution in [0, 0.1) is 0 Å². The molecule has 0 spiro atoms. The largest absolute Gasteiger partial charge is 0.497 e. The highest BCUT2D eigenvalue weighted by Crippen LogP contribution is 2.17. The first-order valence-electron chi connectivity index (χ1n) is 7.59. The Balaban J connectivity index is 2.12. The van der Waals surface area contributed by atoms with Crippen molar-refractivity contribution in [2.75, 3.05) is 21.3 Å². The number of hydrogen-bond donors (Lipinski definition) is 0. The van der Waals surface area contributed by atoms with Gasteiger partial charge in [-0.15, -0.1) is 0 Å². The van der Waals surface area contributed by atoms with Gasteiger partial charge >= 0.3 is 5.97 Å². The molecule has 0 bridgehead atoms. The van der Waals surface area contributed by atoms with Gasteiger partial charge in [-0.25, -0.2) is 0 Å². The van der Waals surface area contributed by atoms with Crippen LogP contribution in [0.15, 0.2) is 54.6 Å². The van der Waals surface area contributed by atoms with Crippen molar-refractivity contribution in [2.24, 2.45) is 0 Å². The highest BCUT2D eigenvalue weighted by molar-refractivity contribution is 5.76. The van der Waals surface area contributed by atoms with Crippen LogP contribution in [0.5, 0.6) is 5.75 Å². The van der Waals surface area contributed by atoms with Crippen molar-refractivity contribution in [3.63, 3.8) is 0 Å². The van der Waals surface area contributed by atoms with Gasteiger partial charge < -0.3 is 9.47 Å². The molecule has 122 valence electrons. The zero-order valence-corrected chi connectivity index (χ0v) is 13.9. The van der Waals surface area contributed by atoms with E-state index in [2.05, 4.69) is 0 Å². The molecule has 0 fully saturated rings. The van der Waals surface area contributed by atoms with E-state index < -0.39 is 0 Å². The van der Waals surface area contributed by atoms with Crippen LogP contribution in [0.1, 0.15) is 11.1 Å². The fraction of sp³-hybridized carbons (Fsp3) is 0.316. The van der Waals surface area contributed by atoms with Crippen molar-refractivity contribution >= 4 is 5.97 Å². The molecule has 2 rings (SSSR count). The second-order valence-electron chi connectivity index (χ2n) is 5.50. The van der Waals surface area contributed by atoms with Gasteiger partial charge in [0.25, 0.3) is 0 Å². The SMILES string of the molecule is COC(=O)[C@H](Cc1ccccc1)N(C)Cc1cccc(OC)c1. The summed E-state index contributed by atoms with van der Waals surface area (Å²) in [5, 5.41) is 0. The van der Waals surface area contributed by atoms with E-state index in [1.165, 1.54) is 7.11 Å². The maximum absolute atomic E-state index is 12.2. The minimum absolute atomic E-state index is 0.223. The highest BCUT2D eigenvalue weighted by atomic mass is 16.5. The Bertz CT molecular complexity index is 628. The average molecular weight is 313 g/mol. The smallest absolute Gasteiger partial charge is 0.323 e. The van der Waals surface area contributed by atoms with Crippen LogP contribution >= 0.6 is 0 Å². The summed E-state index contributed by atoms with van der Waals surface area (Å²) < 4.78 is 10.2. The normalized spacial score (nSPS) is 12.0. The van der Waals surface area contributed by atoms with E-state index in [9.17, 15) is 4.79 Å². The lowest BCUT2D eigenvalue weighted by Gasteiger charge is -2.26. The van der Waals surface area contributed by atoms with Crippen LogP contribution in [0.4, 0.5) is 0 Å². The predicted molar refractivity (Wildman–Crippen MR) is 90.4 cm³/mol. The van der Waals surface area contributed by atoms with Gasteiger partial charge in [0.15, 0.2) is 0 Å². The van der Waals surface area contributed by atoms with E-state index in [1.54, 1.807) is 7.11 Å². The van der Waals surface area contributed by atoms with E-state index >= 15 is 0 Å². The molecule has 2 aromatic carbocycles. The lowest BCUT2D eigenvalue weighted by atomic mass is 10.0. The van der Waals surface area contributed by atoms with Crippen LogP contribution in [-0.2, 0) is 22.5 Å². The van der Waals surface area contributed by atoms with Crippen LogP contribution in [0.2, 0.25) is 0 Å². The summed E-state index contributed by atoms with van der Waals surface area (Å²) in [4.78, 5) is 14.2. The van der Waals surface area contributed by atoms with Gasteiger partial charge in [-0.05, 0) is 36.7 Å². The Morgan fingerprint density at radius 3 is 2.39 bits per heavy atom. The van der Waals surface area contributed by atoms with E-state index in [1.807, 2.05) is 66.5 Å². The van der Waals surface area contributed by atoms with Gasteiger partial charge in [-0.3, -0.25) is 9.69 Å². The molecule has 0 N–H and O–H groups in total. The number of rotatable bonds is 7. The van der Waals surface area contributed by atoms with E-state index in [-0.39, 0.29) is 12.0 Å². The fourth-order valence-corrected chi connectivity index (χ4v) is 2.56. The number of hydrogen-bond acceptors (Lipinski definition) is 4. The third-order valence-corrected chi connectivity index (χ3v) is 3.84. The molecule has 0 aliphatic heterocycles. The number of nitrogens with zero attached hydrogens (tertiary/aromatic N) is 1. The molecular formula is C19H23NO3. The number of methoxy groups -OCH3 is 2. The number of carbonyl (C=O) groups excluding carboxylic acids is 1. The molecule has 0 aliphatic rings. The van der Waals surface area contributed by atoms with Crippen molar-refractivity contribution in [2.45, 2.75) is 19.0 Å². The summed E-state index contributed by atoms with van der Waals surface area (Å²) in [6, 6.07) is 17.5. The molecule has 0 saturated carbocycles. The molecule has 0 aromatic heterocycles.